The molecule has 0 spiro atoms. The number of hydrogen-bond donors (Lipinski definition) is 0. The zero-order valence-corrected chi connectivity index (χ0v) is 53.9. The fourth-order valence-electron chi connectivity index (χ4n) is 9.24. The van der Waals surface area contributed by atoms with E-state index in [9.17, 15) is 14.4 Å². The van der Waals surface area contributed by atoms with E-state index in [1.807, 2.05) is 0 Å². The van der Waals surface area contributed by atoms with Crippen molar-refractivity contribution in [2.75, 3.05) is 13.2 Å². The Morgan fingerprint density at radius 2 is 0.482 bits per heavy atom. The molecule has 0 aromatic heterocycles. The van der Waals surface area contributed by atoms with Crippen molar-refractivity contribution in [2.45, 2.75) is 309 Å². The van der Waals surface area contributed by atoms with Crippen LogP contribution in [0.2, 0.25) is 0 Å². The first kappa shape index (κ1) is 78.3. The summed E-state index contributed by atoms with van der Waals surface area (Å²) in [5.74, 6) is -0.970. The van der Waals surface area contributed by atoms with Crippen LogP contribution in [0, 0.1) is 0 Å². The monoisotopic (exact) mass is 1150 g/mol. The molecule has 0 saturated carbocycles. The van der Waals surface area contributed by atoms with E-state index >= 15 is 0 Å². The summed E-state index contributed by atoms with van der Waals surface area (Å²) in [6.45, 7) is 6.37. The predicted octanol–water partition coefficient (Wildman–Crippen LogP) is 23.9. The molecule has 0 bridgehead atoms. The molecule has 0 aliphatic carbocycles. The van der Waals surface area contributed by atoms with Crippen LogP contribution in [0.25, 0.3) is 0 Å². The normalized spacial score (nSPS) is 13.0. The average molecular weight is 1150 g/mol. The molecule has 0 amide bonds. The molecule has 1 unspecified atom stereocenters. The summed E-state index contributed by atoms with van der Waals surface area (Å²) in [5.41, 5.74) is 0. The van der Waals surface area contributed by atoms with Gasteiger partial charge in [0.2, 0.25) is 0 Å². The van der Waals surface area contributed by atoms with Crippen LogP contribution in [-0.4, -0.2) is 37.2 Å². The Kier molecular flexibility index (Phi) is 65.8. The molecule has 0 heterocycles. The molecule has 0 aliphatic heterocycles. The maximum atomic E-state index is 12.9. The Labute approximate surface area is 512 Å². The maximum absolute atomic E-state index is 12.9. The van der Waals surface area contributed by atoms with Crippen LogP contribution in [0.3, 0.4) is 0 Å². The molecular formula is C77H126O6. The molecule has 0 fully saturated rings. The number of allylic oxidation sites excluding steroid dienone is 24. The molecule has 0 radical (unpaired) electrons. The second-order valence-corrected chi connectivity index (χ2v) is 22.3. The van der Waals surface area contributed by atoms with Gasteiger partial charge in [-0.1, -0.05) is 295 Å². The third kappa shape index (κ3) is 68.0. The minimum atomic E-state index is -0.817. The number of carbonyl (C=O) groups is 3. The van der Waals surface area contributed by atoms with Crippen LogP contribution >= 0.6 is 0 Å². The lowest BCUT2D eigenvalue weighted by molar-refractivity contribution is -0.167. The third-order valence-corrected chi connectivity index (χ3v) is 14.3. The SMILES string of the molecule is CC/C=C\C/C=C\C/C=C\C/C=C\C/C=C\C/C=C\CCCCCCCCCCCCCCCCC(=O)OCC(COC(=O)CCCCCCC/C=C\CCCCCCCC)OC(=O)CCC/C=C\C/C=C\C/C=C\C/C=C\C/C=C\CC. The van der Waals surface area contributed by atoms with Crippen molar-refractivity contribution < 1.29 is 28.6 Å². The largest absolute Gasteiger partial charge is 0.462 e. The molecule has 0 aromatic rings. The summed E-state index contributed by atoms with van der Waals surface area (Å²) >= 11 is 0. The highest BCUT2D eigenvalue weighted by molar-refractivity contribution is 5.71. The van der Waals surface area contributed by atoms with Crippen molar-refractivity contribution in [3.8, 4) is 0 Å². The summed E-state index contributed by atoms with van der Waals surface area (Å²) < 4.78 is 16.9. The highest BCUT2D eigenvalue weighted by Gasteiger charge is 2.19. The summed E-state index contributed by atoms with van der Waals surface area (Å²) in [4.78, 5) is 38.4. The zero-order valence-electron chi connectivity index (χ0n) is 53.9. The molecule has 0 saturated heterocycles. The second-order valence-electron chi connectivity index (χ2n) is 22.3. The first-order valence-corrected chi connectivity index (χ1v) is 34.3. The lowest BCUT2D eigenvalue weighted by Crippen LogP contribution is -2.30. The van der Waals surface area contributed by atoms with Gasteiger partial charge in [0.15, 0.2) is 6.10 Å². The summed E-state index contributed by atoms with van der Waals surface area (Å²) in [6, 6.07) is 0. The molecule has 0 rings (SSSR count). The fourth-order valence-corrected chi connectivity index (χ4v) is 9.24. The van der Waals surface area contributed by atoms with Crippen LogP contribution in [0.1, 0.15) is 303 Å². The minimum absolute atomic E-state index is 0.106. The molecule has 83 heavy (non-hydrogen) atoms. The molecule has 0 aliphatic rings. The van der Waals surface area contributed by atoms with E-state index in [0.717, 1.165) is 128 Å². The molecule has 470 valence electrons. The van der Waals surface area contributed by atoms with Gasteiger partial charge in [0.1, 0.15) is 13.2 Å². The predicted molar refractivity (Wildman–Crippen MR) is 362 cm³/mol. The molecule has 0 aromatic carbocycles. The fraction of sp³-hybridized carbons (Fsp3) is 0.649. The van der Waals surface area contributed by atoms with Gasteiger partial charge in [-0.25, -0.2) is 0 Å². The van der Waals surface area contributed by atoms with Gasteiger partial charge >= 0.3 is 17.9 Å². The number of carbonyl (C=O) groups excluding carboxylic acids is 3. The van der Waals surface area contributed by atoms with Gasteiger partial charge in [0.05, 0.1) is 0 Å². The highest BCUT2D eigenvalue weighted by atomic mass is 16.6. The number of hydrogen-bond acceptors (Lipinski definition) is 6. The molecular weight excluding hydrogens is 1020 g/mol. The Hall–Kier alpha value is -4.71. The van der Waals surface area contributed by atoms with E-state index in [1.165, 1.54) is 128 Å². The minimum Gasteiger partial charge on any atom is -0.462 e. The van der Waals surface area contributed by atoms with E-state index in [-0.39, 0.29) is 37.5 Å². The van der Waals surface area contributed by atoms with Crippen molar-refractivity contribution in [1.29, 1.82) is 0 Å². The topological polar surface area (TPSA) is 78.9 Å². The van der Waals surface area contributed by atoms with E-state index in [1.54, 1.807) is 0 Å². The number of esters is 3. The Balaban J connectivity index is 4.30. The van der Waals surface area contributed by atoms with Crippen LogP contribution < -0.4 is 0 Å². The van der Waals surface area contributed by atoms with E-state index < -0.39 is 6.10 Å². The van der Waals surface area contributed by atoms with Crippen molar-refractivity contribution in [3.05, 3.63) is 146 Å². The molecule has 6 nitrogen and oxygen atoms in total. The molecule has 6 heteroatoms. The highest BCUT2D eigenvalue weighted by Crippen LogP contribution is 2.16. The van der Waals surface area contributed by atoms with Crippen molar-refractivity contribution in [1.82, 2.24) is 0 Å². The smallest absolute Gasteiger partial charge is 0.306 e. The van der Waals surface area contributed by atoms with Gasteiger partial charge in [0.25, 0.3) is 0 Å². The van der Waals surface area contributed by atoms with E-state index in [4.69, 9.17) is 14.2 Å². The van der Waals surface area contributed by atoms with Gasteiger partial charge in [-0.15, -0.1) is 0 Å². The van der Waals surface area contributed by atoms with Crippen LogP contribution in [-0.2, 0) is 28.6 Å². The lowest BCUT2D eigenvalue weighted by Gasteiger charge is -2.18. The van der Waals surface area contributed by atoms with Crippen LogP contribution in [0.4, 0.5) is 0 Å². The third-order valence-electron chi connectivity index (χ3n) is 14.3. The quantitative estimate of drug-likeness (QED) is 0.0261. The first-order chi connectivity index (χ1) is 41.0. The molecule has 1 atom stereocenters. The number of unbranched alkanes of at least 4 members (excludes halogenated alkanes) is 26. The van der Waals surface area contributed by atoms with Gasteiger partial charge < -0.3 is 14.2 Å². The van der Waals surface area contributed by atoms with Gasteiger partial charge in [-0.3, -0.25) is 14.4 Å². The number of rotatable bonds is 61. The first-order valence-electron chi connectivity index (χ1n) is 34.3. The second kappa shape index (κ2) is 69.8. The van der Waals surface area contributed by atoms with E-state index in [2.05, 4.69) is 167 Å². The maximum Gasteiger partial charge on any atom is 0.306 e. The zero-order chi connectivity index (χ0) is 59.9. The Morgan fingerprint density at radius 1 is 0.253 bits per heavy atom. The van der Waals surface area contributed by atoms with Gasteiger partial charge in [-0.05, 0) is 135 Å². The van der Waals surface area contributed by atoms with Crippen molar-refractivity contribution in [3.63, 3.8) is 0 Å². The van der Waals surface area contributed by atoms with Crippen LogP contribution in [0.15, 0.2) is 146 Å². The van der Waals surface area contributed by atoms with Gasteiger partial charge in [-0.2, -0.15) is 0 Å². The summed E-state index contributed by atoms with van der Waals surface area (Å²) in [6.07, 6.45) is 100. The Morgan fingerprint density at radius 3 is 0.783 bits per heavy atom. The average Bonchev–Trinajstić information content (AvgIpc) is 3.49. The Bertz CT molecular complexity index is 1800. The van der Waals surface area contributed by atoms with Crippen molar-refractivity contribution in [2.24, 2.45) is 0 Å². The van der Waals surface area contributed by atoms with Crippen molar-refractivity contribution >= 4 is 17.9 Å². The number of ether oxygens (including phenoxy) is 3. The summed E-state index contributed by atoms with van der Waals surface area (Å²) in [7, 11) is 0. The van der Waals surface area contributed by atoms with E-state index in [0.29, 0.717) is 19.3 Å². The summed E-state index contributed by atoms with van der Waals surface area (Å²) in [5, 5.41) is 0. The lowest BCUT2D eigenvalue weighted by atomic mass is 10.0. The standard InChI is InChI=1S/C77H126O6/c1-4-7-10-13-16-19-22-25-28-30-31-32-33-34-35-36-37-38-39-40-41-42-43-44-45-47-49-52-55-58-61-64-67-70-76(79)82-73-74(72-81-75(78)69-66-63-60-57-54-51-48-27-24-21-18-15-12-9-6-3)83-77(80)71-68-65-62-59-56-53-50-46-29-26-23-20-17-14-11-8-5-2/h7-8,10-11,16-17,19-20,25-29,31-32,34-35,37-38,48,50,53,59,62,74H,4-6,9,12-15,18,21-24,30,33,36,39-47,49,51-52,54-58,60-61,63-73H2,1-3H3/b10-7-,11-8-,19-16-,20-17-,28-25-,29-26-,32-31-,35-34-,38-37-,48-27-,53-50-,62-59-. The van der Waals surface area contributed by atoms with Crippen LogP contribution in [0.5, 0.6) is 0 Å². The van der Waals surface area contributed by atoms with Gasteiger partial charge in [0, 0.05) is 19.3 Å². The molecule has 0 N–H and O–H groups in total.